The maximum atomic E-state index is 12.2. The van der Waals surface area contributed by atoms with Gasteiger partial charge in [0.25, 0.3) is 0 Å². The van der Waals surface area contributed by atoms with Crippen LogP contribution in [0.3, 0.4) is 0 Å². The van der Waals surface area contributed by atoms with Crippen molar-refractivity contribution in [3.05, 3.63) is 12.3 Å². The molecule has 0 aliphatic rings. The molecular formula is C12H22N4O. The molecular weight excluding hydrogens is 216 g/mol. The van der Waals surface area contributed by atoms with Crippen LogP contribution in [-0.2, 0) is 11.8 Å². The fourth-order valence-electron chi connectivity index (χ4n) is 1.50. The normalized spacial score (nSPS) is 12.6. The van der Waals surface area contributed by atoms with Gasteiger partial charge in [0.1, 0.15) is 6.04 Å². The second-order valence-corrected chi connectivity index (χ2v) is 4.68. The van der Waals surface area contributed by atoms with Crippen LogP contribution >= 0.6 is 0 Å². The van der Waals surface area contributed by atoms with E-state index in [1.54, 1.807) is 9.58 Å². The number of carbonyl (C=O) groups excluding carboxylic acids is 1. The molecule has 5 heteroatoms. The number of amides is 1. The fourth-order valence-corrected chi connectivity index (χ4v) is 1.50. The SMILES string of the molecule is CC(C)N(C)C(=O)[C@@H](C)N(C)c1ccn(C)n1. The van der Waals surface area contributed by atoms with Gasteiger partial charge >= 0.3 is 0 Å². The predicted molar refractivity (Wildman–Crippen MR) is 69.0 cm³/mol. The minimum absolute atomic E-state index is 0.105. The zero-order valence-electron chi connectivity index (χ0n) is 11.5. The number of carbonyl (C=O) groups is 1. The molecule has 0 radical (unpaired) electrons. The van der Waals surface area contributed by atoms with Crippen molar-refractivity contribution in [2.45, 2.75) is 32.9 Å². The molecule has 0 unspecified atom stereocenters. The van der Waals surface area contributed by atoms with E-state index in [0.717, 1.165) is 5.82 Å². The van der Waals surface area contributed by atoms with Gasteiger partial charge in [-0.2, -0.15) is 5.10 Å². The van der Waals surface area contributed by atoms with Gasteiger partial charge in [0.2, 0.25) is 5.91 Å². The van der Waals surface area contributed by atoms with Crippen molar-refractivity contribution in [3.63, 3.8) is 0 Å². The van der Waals surface area contributed by atoms with E-state index in [1.165, 1.54) is 0 Å². The zero-order valence-corrected chi connectivity index (χ0v) is 11.5. The molecule has 1 aromatic rings. The first kappa shape index (κ1) is 13.5. The number of nitrogens with zero attached hydrogens (tertiary/aromatic N) is 4. The summed E-state index contributed by atoms with van der Waals surface area (Å²) in [6.45, 7) is 5.91. The van der Waals surface area contributed by atoms with Crippen LogP contribution in [0.5, 0.6) is 0 Å². The summed E-state index contributed by atoms with van der Waals surface area (Å²) in [6, 6.07) is 1.90. The lowest BCUT2D eigenvalue weighted by atomic mass is 10.2. The third kappa shape index (κ3) is 2.99. The van der Waals surface area contributed by atoms with Crippen molar-refractivity contribution < 1.29 is 4.79 Å². The lowest BCUT2D eigenvalue weighted by molar-refractivity contribution is -0.132. The molecule has 0 bridgehead atoms. The summed E-state index contributed by atoms with van der Waals surface area (Å²) in [6.07, 6.45) is 1.87. The van der Waals surface area contributed by atoms with Crippen molar-refractivity contribution in [1.82, 2.24) is 14.7 Å². The van der Waals surface area contributed by atoms with Crippen LogP contribution in [0, 0.1) is 0 Å². The highest BCUT2D eigenvalue weighted by molar-refractivity contribution is 5.84. The lowest BCUT2D eigenvalue weighted by Gasteiger charge is -2.30. The molecule has 1 amide bonds. The molecule has 17 heavy (non-hydrogen) atoms. The van der Waals surface area contributed by atoms with Gasteiger partial charge in [0.15, 0.2) is 5.82 Å². The third-order valence-electron chi connectivity index (χ3n) is 3.12. The van der Waals surface area contributed by atoms with E-state index in [9.17, 15) is 4.79 Å². The summed E-state index contributed by atoms with van der Waals surface area (Å²) < 4.78 is 1.73. The Bertz CT molecular complexity index is 386. The average Bonchev–Trinajstić information content (AvgIpc) is 2.71. The zero-order chi connectivity index (χ0) is 13.2. The topological polar surface area (TPSA) is 41.4 Å². The molecule has 96 valence electrons. The van der Waals surface area contributed by atoms with Crippen LogP contribution in [0.25, 0.3) is 0 Å². The standard InChI is InChI=1S/C12H22N4O/c1-9(2)15(5)12(17)10(3)16(6)11-7-8-14(4)13-11/h7-10H,1-6H3/t10-/m1/s1. The van der Waals surface area contributed by atoms with Crippen LogP contribution in [-0.4, -0.2) is 46.8 Å². The van der Waals surface area contributed by atoms with Gasteiger partial charge < -0.3 is 9.80 Å². The molecule has 0 saturated heterocycles. The first-order valence-corrected chi connectivity index (χ1v) is 5.83. The lowest BCUT2D eigenvalue weighted by Crippen LogP contribution is -2.46. The predicted octanol–water partition coefficient (Wildman–Crippen LogP) is 1.11. The molecule has 0 fully saturated rings. The summed E-state index contributed by atoms with van der Waals surface area (Å²) in [5, 5.41) is 4.29. The molecule has 0 aromatic carbocycles. The molecule has 1 rings (SSSR count). The van der Waals surface area contributed by atoms with Gasteiger partial charge in [-0.05, 0) is 20.8 Å². The Morgan fingerprint density at radius 1 is 1.35 bits per heavy atom. The average molecular weight is 238 g/mol. The monoisotopic (exact) mass is 238 g/mol. The molecule has 5 nitrogen and oxygen atoms in total. The van der Waals surface area contributed by atoms with Crippen molar-refractivity contribution in [1.29, 1.82) is 0 Å². The van der Waals surface area contributed by atoms with Gasteiger partial charge in [-0.3, -0.25) is 9.48 Å². The number of hydrogen-bond acceptors (Lipinski definition) is 3. The van der Waals surface area contributed by atoms with E-state index < -0.39 is 0 Å². The Labute approximate surface area is 103 Å². The first-order valence-electron chi connectivity index (χ1n) is 5.83. The van der Waals surface area contributed by atoms with Crippen LogP contribution < -0.4 is 4.90 Å². The second kappa shape index (κ2) is 5.21. The van der Waals surface area contributed by atoms with E-state index >= 15 is 0 Å². The maximum absolute atomic E-state index is 12.2. The number of aromatic nitrogens is 2. The van der Waals surface area contributed by atoms with Crippen molar-refractivity contribution in [2.24, 2.45) is 7.05 Å². The number of rotatable bonds is 4. The molecule has 0 N–H and O–H groups in total. The summed E-state index contributed by atoms with van der Waals surface area (Å²) >= 11 is 0. The fraction of sp³-hybridized carbons (Fsp3) is 0.667. The van der Waals surface area contributed by atoms with Crippen molar-refractivity contribution >= 4 is 11.7 Å². The van der Waals surface area contributed by atoms with Crippen molar-refractivity contribution in [2.75, 3.05) is 19.0 Å². The third-order valence-corrected chi connectivity index (χ3v) is 3.12. The number of aryl methyl sites for hydroxylation is 1. The summed E-state index contributed by atoms with van der Waals surface area (Å²) in [4.78, 5) is 15.8. The van der Waals surface area contributed by atoms with E-state index in [4.69, 9.17) is 0 Å². The minimum Gasteiger partial charge on any atom is -0.346 e. The molecule has 1 atom stereocenters. The maximum Gasteiger partial charge on any atom is 0.244 e. The van der Waals surface area contributed by atoms with E-state index in [-0.39, 0.29) is 18.0 Å². The highest BCUT2D eigenvalue weighted by Gasteiger charge is 2.24. The summed E-state index contributed by atoms with van der Waals surface area (Å²) in [5.41, 5.74) is 0. The van der Waals surface area contributed by atoms with Crippen LogP contribution in [0.15, 0.2) is 12.3 Å². The number of anilines is 1. The molecule has 0 spiro atoms. The van der Waals surface area contributed by atoms with Gasteiger partial charge in [-0.25, -0.2) is 0 Å². The van der Waals surface area contributed by atoms with Gasteiger partial charge in [0, 0.05) is 39.4 Å². The van der Waals surface area contributed by atoms with Crippen LogP contribution in [0.4, 0.5) is 5.82 Å². The number of hydrogen-bond donors (Lipinski definition) is 0. The molecule has 1 heterocycles. The highest BCUT2D eigenvalue weighted by atomic mass is 16.2. The minimum atomic E-state index is -0.211. The smallest absolute Gasteiger partial charge is 0.244 e. The van der Waals surface area contributed by atoms with E-state index in [0.29, 0.717) is 0 Å². The highest BCUT2D eigenvalue weighted by Crippen LogP contribution is 2.13. The van der Waals surface area contributed by atoms with E-state index in [1.807, 2.05) is 59.1 Å². The summed E-state index contributed by atoms with van der Waals surface area (Å²) in [5.74, 6) is 0.915. The largest absolute Gasteiger partial charge is 0.346 e. The quantitative estimate of drug-likeness (QED) is 0.789. The van der Waals surface area contributed by atoms with E-state index in [2.05, 4.69) is 5.10 Å². The number of likely N-dealkylation sites (N-methyl/N-ethyl adjacent to an activating group) is 2. The van der Waals surface area contributed by atoms with Gasteiger partial charge in [-0.1, -0.05) is 0 Å². The summed E-state index contributed by atoms with van der Waals surface area (Å²) in [7, 11) is 5.58. The molecule has 0 aliphatic carbocycles. The Hall–Kier alpha value is -1.52. The Balaban J connectivity index is 2.76. The Kier molecular flexibility index (Phi) is 4.15. The van der Waals surface area contributed by atoms with Crippen LogP contribution in [0.1, 0.15) is 20.8 Å². The van der Waals surface area contributed by atoms with Gasteiger partial charge in [0.05, 0.1) is 0 Å². The Morgan fingerprint density at radius 3 is 2.35 bits per heavy atom. The Morgan fingerprint density at radius 2 is 1.94 bits per heavy atom. The molecule has 0 saturated carbocycles. The van der Waals surface area contributed by atoms with Gasteiger partial charge in [-0.15, -0.1) is 0 Å². The molecule has 0 aliphatic heterocycles. The van der Waals surface area contributed by atoms with Crippen molar-refractivity contribution in [3.8, 4) is 0 Å². The van der Waals surface area contributed by atoms with Crippen LogP contribution in [0.2, 0.25) is 0 Å². The molecule has 1 aromatic heterocycles. The first-order chi connectivity index (χ1) is 7.84. The second-order valence-electron chi connectivity index (χ2n) is 4.68.